The summed E-state index contributed by atoms with van der Waals surface area (Å²) in [7, 11) is 0. The van der Waals surface area contributed by atoms with Gasteiger partial charge in [0, 0.05) is 20.2 Å². The first-order valence-electron chi connectivity index (χ1n) is 5.60. The number of Topliss-reactive ketones (excluding diaryl/α,β-unsaturated/α-hetero) is 1. The number of thioether (sulfide) groups is 3. The van der Waals surface area contributed by atoms with Crippen molar-refractivity contribution in [2.75, 3.05) is 25.4 Å². The van der Waals surface area contributed by atoms with Gasteiger partial charge in [-0.25, -0.2) is 4.79 Å². The van der Waals surface area contributed by atoms with Gasteiger partial charge in [-0.3, -0.25) is 4.79 Å². The smallest absolute Gasteiger partial charge is 0.379 e. The number of esters is 1. The fourth-order valence-electron chi connectivity index (χ4n) is 1.53. The number of benzene rings is 1. The Bertz CT molecular complexity index is 461. The lowest BCUT2D eigenvalue weighted by Gasteiger charge is -2.12. The molecule has 0 spiro atoms. The summed E-state index contributed by atoms with van der Waals surface area (Å²) in [5.41, 5.74) is 0.393. The largest absolute Gasteiger partial charge is 0.460 e. The molecule has 0 saturated heterocycles. The number of ether oxygens (including phenoxy) is 1. The van der Waals surface area contributed by atoms with Gasteiger partial charge in [-0.2, -0.15) is 0 Å². The molecule has 19 heavy (non-hydrogen) atoms. The average molecular weight is 316 g/mol. The molecule has 0 unspecified atom stereocenters. The van der Waals surface area contributed by atoms with Crippen LogP contribution in [-0.2, 0) is 9.53 Å². The highest BCUT2D eigenvalue weighted by Crippen LogP contribution is 2.37. The molecule has 0 radical (unpaired) electrons. The van der Waals surface area contributed by atoms with Gasteiger partial charge in [-0.15, -0.1) is 35.3 Å². The Kier molecular flexibility index (Phi) is 6.82. The molecule has 6 heteroatoms. The number of rotatable bonds is 6. The molecule has 0 aliphatic heterocycles. The van der Waals surface area contributed by atoms with Gasteiger partial charge in [0.15, 0.2) is 0 Å². The van der Waals surface area contributed by atoms with Crippen molar-refractivity contribution >= 4 is 47.0 Å². The molecule has 104 valence electrons. The van der Waals surface area contributed by atoms with Gasteiger partial charge in [-0.1, -0.05) is 0 Å². The third-order valence-corrected chi connectivity index (χ3v) is 5.02. The van der Waals surface area contributed by atoms with Crippen LogP contribution in [0.4, 0.5) is 0 Å². The summed E-state index contributed by atoms with van der Waals surface area (Å²) in [4.78, 5) is 26.6. The summed E-state index contributed by atoms with van der Waals surface area (Å²) < 4.78 is 4.75. The molecule has 1 aromatic rings. The van der Waals surface area contributed by atoms with Crippen molar-refractivity contribution in [2.24, 2.45) is 0 Å². The van der Waals surface area contributed by atoms with Crippen LogP contribution in [0.1, 0.15) is 17.3 Å². The highest BCUT2D eigenvalue weighted by molar-refractivity contribution is 8.03. The summed E-state index contributed by atoms with van der Waals surface area (Å²) in [6.45, 7) is 1.89. The number of hydrogen-bond donors (Lipinski definition) is 0. The van der Waals surface area contributed by atoms with Crippen LogP contribution < -0.4 is 0 Å². The second-order valence-electron chi connectivity index (χ2n) is 3.46. The van der Waals surface area contributed by atoms with E-state index in [2.05, 4.69) is 0 Å². The molecule has 0 aliphatic carbocycles. The molecule has 0 saturated carbocycles. The van der Waals surface area contributed by atoms with E-state index in [0.717, 1.165) is 14.7 Å². The highest BCUT2D eigenvalue weighted by Gasteiger charge is 2.20. The summed E-state index contributed by atoms with van der Waals surface area (Å²) >= 11 is 4.78. The van der Waals surface area contributed by atoms with Gasteiger partial charge >= 0.3 is 5.97 Å². The Morgan fingerprint density at radius 2 is 1.58 bits per heavy atom. The van der Waals surface area contributed by atoms with E-state index in [4.69, 9.17) is 4.74 Å². The molecular weight excluding hydrogens is 300 g/mol. The van der Waals surface area contributed by atoms with E-state index >= 15 is 0 Å². The van der Waals surface area contributed by atoms with E-state index in [-0.39, 0.29) is 6.61 Å². The molecule has 0 aliphatic rings. The molecule has 1 rings (SSSR count). The van der Waals surface area contributed by atoms with Crippen LogP contribution in [0.5, 0.6) is 0 Å². The monoisotopic (exact) mass is 316 g/mol. The van der Waals surface area contributed by atoms with E-state index in [9.17, 15) is 9.59 Å². The Balaban J connectivity index is 3.23. The molecule has 0 N–H and O–H groups in total. The molecule has 0 atom stereocenters. The normalized spacial score (nSPS) is 10.3. The van der Waals surface area contributed by atoms with Crippen LogP contribution in [0.3, 0.4) is 0 Å². The second-order valence-corrected chi connectivity index (χ2v) is 5.98. The van der Waals surface area contributed by atoms with E-state index in [1.165, 1.54) is 0 Å². The molecule has 0 heterocycles. The lowest BCUT2D eigenvalue weighted by atomic mass is 10.1. The average Bonchev–Trinajstić information content (AvgIpc) is 2.44. The van der Waals surface area contributed by atoms with Gasteiger partial charge in [0.25, 0.3) is 5.78 Å². The highest BCUT2D eigenvalue weighted by atomic mass is 32.2. The van der Waals surface area contributed by atoms with E-state index in [0.29, 0.717) is 5.56 Å². The summed E-state index contributed by atoms with van der Waals surface area (Å²) in [5, 5.41) is 0. The van der Waals surface area contributed by atoms with Crippen LogP contribution in [0.25, 0.3) is 0 Å². The molecule has 3 nitrogen and oxygen atoms in total. The molecule has 0 aromatic heterocycles. The predicted molar refractivity (Wildman–Crippen MR) is 82.7 cm³/mol. The Hall–Kier alpha value is -0.590. The van der Waals surface area contributed by atoms with Crippen molar-refractivity contribution in [3.63, 3.8) is 0 Å². The van der Waals surface area contributed by atoms with Crippen LogP contribution >= 0.6 is 35.3 Å². The fraction of sp³-hybridized carbons (Fsp3) is 0.385. The zero-order chi connectivity index (χ0) is 14.4. The summed E-state index contributed by atoms with van der Waals surface area (Å²) in [6, 6.07) is 3.52. The minimum atomic E-state index is -0.793. The summed E-state index contributed by atoms with van der Waals surface area (Å²) in [6.07, 6.45) is 5.91. The number of ketones is 1. The van der Waals surface area contributed by atoms with Gasteiger partial charge < -0.3 is 4.74 Å². The van der Waals surface area contributed by atoms with Crippen molar-refractivity contribution in [2.45, 2.75) is 21.6 Å². The van der Waals surface area contributed by atoms with Gasteiger partial charge in [0.05, 0.1) is 6.61 Å². The Morgan fingerprint density at radius 1 is 1.05 bits per heavy atom. The third-order valence-electron chi connectivity index (χ3n) is 2.39. The molecule has 1 aromatic carbocycles. The van der Waals surface area contributed by atoms with E-state index < -0.39 is 11.8 Å². The lowest BCUT2D eigenvalue weighted by Crippen LogP contribution is -2.17. The van der Waals surface area contributed by atoms with Crippen molar-refractivity contribution in [1.82, 2.24) is 0 Å². The summed E-state index contributed by atoms with van der Waals surface area (Å²) in [5.74, 6) is -1.38. The lowest BCUT2D eigenvalue weighted by molar-refractivity contribution is -0.137. The maximum Gasteiger partial charge on any atom is 0.379 e. The van der Waals surface area contributed by atoms with E-state index in [1.807, 2.05) is 18.8 Å². The Morgan fingerprint density at radius 3 is 1.95 bits per heavy atom. The van der Waals surface area contributed by atoms with Crippen LogP contribution in [0.2, 0.25) is 0 Å². The molecule has 0 bridgehead atoms. The third kappa shape index (κ3) is 3.94. The van der Waals surface area contributed by atoms with Crippen LogP contribution in [0, 0.1) is 0 Å². The van der Waals surface area contributed by atoms with Gasteiger partial charge in [0.2, 0.25) is 0 Å². The van der Waals surface area contributed by atoms with Gasteiger partial charge in [-0.05, 0) is 37.8 Å². The second kappa shape index (κ2) is 7.87. The maximum atomic E-state index is 12.0. The maximum absolute atomic E-state index is 12.0. The fourth-order valence-corrected chi connectivity index (χ4v) is 4.19. The number of carbonyl (C=O) groups is 2. The first-order valence-corrected chi connectivity index (χ1v) is 9.27. The van der Waals surface area contributed by atoms with Crippen molar-refractivity contribution < 1.29 is 14.3 Å². The van der Waals surface area contributed by atoms with E-state index in [1.54, 1.807) is 54.3 Å². The zero-order valence-electron chi connectivity index (χ0n) is 11.3. The van der Waals surface area contributed by atoms with Crippen LogP contribution in [-0.4, -0.2) is 37.1 Å². The minimum Gasteiger partial charge on any atom is -0.460 e. The Labute approximate surface area is 126 Å². The van der Waals surface area contributed by atoms with Crippen LogP contribution in [0.15, 0.2) is 26.8 Å². The first-order chi connectivity index (χ1) is 9.08. The number of carbonyl (C=O) groups excluding carboxylic acids is 2. The van der Waals surface area contributed by atoms with Gasteiger partial charge in [0.1, 0.15) is 0 Å². The van der Waals surface area contributed by atoms with Crippen molar-refractivity contribution in [1.29, 1.82) is 0 Å². The van der Waals surface area contributed by atoms with Crippen molar-refractivity contribution in [3.8, 4) is 0 Å². The number of hydrogen-bond acceptors (Lipinski definition) is 6. The molecule has 0 fully saturated rings. The molecular formula is C13H16O3S3. The SMILES string of the molecule is CCOC(=O)C(=O)c1cc(SC)c(SC)c(SC)c1. The first kappa shape index (κ1) is 16.5. The minimum absolute atomic E-state index is 0.207. The standard InChI is InChI=1S/C13H16O3S3/c1-5-16-13(15)11(14)8-6-9(17-2)12(19-4)10(7-8)18-3/h6-7H,5H2,1-4H3. The van der Waals surface area contributed by atoms with Crippen molar-refractivity contribution in [3.05, 3.63) is 17.7 Å². The quantitative estimate of drug-likeness (QED) is 0.346. The predicted octanol–water partition coefficient (Wildman–Crippen LogP) is 3.60. The zero-order valence-corrected chi connectivity index (χ0v) is 13.8. The topological polar surface area (TPSA) is 43.4 Å². The molecule has 0 amide bonds.